The van der Waals surface area contributed by atoms with Crippen molar-refractivity contribution in [1.29, 1.82) is 0 Å². The second kappa shape index (κ2) is 9.59. The zero-order chi connectivity index (χ0) is 18.4. The van der Waals surface area contributed by atoms with E-state index in [4.69, 9.17) is 7.80 Å². The van der Waals surface area contributed by atoms with Crippen LogP contribution in [0.25, 0.3) is 0 Å². The maximum atomic E-state index is 14.1. The van der Waals surface area contributed by atoms with Gasteiger partial charge in [0.15, 0.2) is 34.5 Å². The molecule has 1 aliphatic rings. The minimum absolute atomic E-state index is 0.0171. The standard InChI is InChI=1S/C19H26FIO4/c1-3-4-12-5-7-13(8-6-12)15(19(23)24-2)11-14-9-10-16(25-21)17(20)18(14)22/h9-10,12-13,15,22H,3-8,11H2,1-2H3. The first kappa shape index (κ1) is 20.3. The molecule has 0 radical (unpaired) electrons. The predicted octanol–water partition coefficient (Wildman–Crippen LogP) is 5.20. The number of rotatable bonds is 7. The Balaban J connectivity index is 2.14. The average molecular weight is 464 g/mol. The first-order valence-electron chi connectivity index (χ1n) is 8.88. The molecule has 1 aromatic rings. The average Bonchev–Trinajstić information content (AvgIpc) is 2.63. The fraction of sp³-hybridized carbons (Fsp3) is 0.632. The molecule has 0 bridgehead atoms. The third-order valence-corrected chi connectivity index (χ3v) is 5.82. The maximum Gasteiger partial charge on any atom is 0.309 e. The first-order valence-corrected chi connectivity index (χ1v) is 9.76. The van der Waals surface area contributed by atoms with Crippen LogP contribution in [0.15, 0.2) is 12.1 Å². The molecule has 25 heavy (non-hydrogen) atoms. The smallest absolute Gasteiger partial charge is 0.309 e. The summed E-state index contributed by atoms with van der Waals surface area (Å²) in [6, 6.07) is 3.09. The van der Waals surface area contributed by atoms with Gasteiger partial charge in [-0.25, -0.2) is 0 Å². The minimum atomic E-state index is -0.790. The van der Waals surface area contributed by atoms with Crippen LogP contribution in [0.4, 0.5) is 4.39 Å². The van der Waals surface area contributed by atoms with Gasteiger partial charge < -0.3 is 12.9 Å². The van der Waals surface area contributed by atoms with Crippen molar-refractivity contribution in [2.45, 2.75) is 51.9 Å². The van der Waals surface area contributed by atoms with Crippen molar-refractivity contribution in [2.75, 3.05) is 7.11 Å². The summed E-state index contributed by atoms with van der Waals surface area (Å²) in [7, 11) is 1.38. The van der Waals surface area contributed by atoms with Gasteiger partial charge in [-0.2, -0.15) is 4.39 Å². The molecule has 0 saturated heterocycles. The van der Waals surface area contributed by atoms with Crippen LogP contribution in [0.2, 0.25) is 0 Å². The Morgan fingerprint density at radius 3 is 2.60 bits per heavy atom. The molecule has 0 spiro atoms. The van der Waals surface area contributed by atoms with E-state index in [2.05, 4.69) is 6.92 Å². The topological polar surface area (TPSA) is 55.8 Å². The lowest BCUT2D eigenvalue weighted by Gasteiger charge is -2.32. The first-order chi connectivity index (χ1) is 12.0. The molecular weight excluding hydrogens is 438 g/mol. The lowest BCUT2D eigenvalue weighted by Crippen LogP contribution is -2.30. The summed E-state index contributed by atoms with van der Waals surface area (Å²) in [5.74, 6) is -0.937. The third kappa shape index (κ3) is 4.99. The number of benzene rings is 1. The summed E-state index contributed by atoms with van der Waals surface area (Å²) in [4.78, 5) is 12.3. The highest BCUT2D eigenvalue weighted by molar-refractivity contribution is 14.1. The van der Waals surface area contributed by atoms with E-state index >= 15 is 0 Å². The van der Waals surface area contributed by atoms with Crippen LogP contribution in [0.3, 0.4) is 0 Å². The summed E-state index contributed by atoms with van der Waals surface area (Å²) in [6.07, 6.45) is 6.89. The lowest BCUT2D eigenvalue weighted by atomic mass is 9.73. The summed E-state index contributed by atoms with van der Waals surface area (Å²) in [6.45, 7) is 2.20. The molecule has 1 aromatic carbocycles. The number of methoxy groups -OCH3 is 1. The third-order valence-electron chi connectivity index (χ3n) is 5.35. The molecule has 4 nitrogen and oxygen atoms in total. The summed E-state index contributed by atoms with van der Waals surface area (Å²) in [5.41, 5.74) is 0.417. The molecule has 0 heterocycles. The molecule has 1 N–H and O–H groups in total. The highest BCUT2D eigenvalue weighted by atomic mass is 127. The number of phenolic OH excluding ortho intramolecular Hbond substituents is 1. The van der Waals surface area contributed by atoms with E-state index in [1.54, 1.807) is 29.1 Å². The van der Waals surface area contributed by atoms with E-state index in [0.717, 1.165) is 31.6 Å². The van der Waals surface area contributed by atoms with Gasteiger partial charge in [0.2, 0.25) is 5.82 Å². The fourth-order valence-corrected chi connectivity index (χ4v) is 4.27. The van der Waals surface area contributed by atoms with Crippen LogP contribution in [-0.4, -0.2) is 18.2 Å². The van der Waals surface area contributed by atoms with Crippen molar-refractivity contribution in [3.63, 3.8) is 0 Å². The number of halogens is 2. The van der Waals surface area contributed by atoms with Crippen molar-refractivity contribution in [1.82, 2.24) is 0 Å². The zero-order valence-electron chi connectivity index (χ0n) is 14.8. The van der Waals surface area contributed by atoms with Gasteiger partial charge in [-0.3, -0.25) is 4.79 Å². The molecule has 140 valence electrons. The normalized spacial score (nSPS) is 21.6. The molecule has 1 unspecified atom stereocenters. The molecule has 0 amide bonds. The minimum Gasteiger partial charge on any atom is -0.505 e. The van der Waals surface area contributed by atoms with E-state index in [9.17, 15) is 14.3 Å². The van der Waals surface area contributed by atoms with Crippen LogP contribution in [-0.2, 0) is 16.0 Å². The molecule has 2 rings (SSSR count). The number of aromatic hydroxyl groups is 1. The number of ether oxygens (including phenoxy) is 1. The molecule has 0 aromatic heterocycles. The summed E-state index contributed by atoms with van der Waals surface area (Å²) in [5, 5.41) is 10.1. The van der Waals surface area contributed by atoms with E-state index in [0.29, 0.717) is 5.56 Å². The van der Waals surface area contributed by atoms with Crippen molar-refractivity contribution < 1.29 is 22.1 Å². The quantitative estimate of drug-likeness (QED) is 0.446. The van der Waals surface area contributed by atoms with Crippen LogP contribution in [0, 0.1) is 23.6 Å². The lowest BCUT2D eigenvalue weighted by molar-refractivity contribution is -0.148. The highest BCUT2D eigenvalue weighted by Crippen LogP contribution is 2.39. The van der Waals surface area contributed by atoms with Crippen LogP contribution in [0.1, 0.15) is 51.0 Å². The van der Waals surface area contributed by atoms with Crippen molar-refractivity contribution in [3.8, 4) is 11.5 Å². The number of carbonyl (C=O) groups excluding carboxylic acids is 1. The van der Waals surface area contributed by atoms with Crippen molar-refractivity contribution in [3.05, 3.63) is 23.5 Å². The van der Waals surface area contributed by atoms with Gasteiger partial charge in [0.05, 0.1) is 13.0 Å². The number of hydrogen-bond donors (Lipinski definition) is 1. The van der Waals surface area contributed by atoms with E-state index < -0.39 is 11.6 Å². The molecule has 0 aliphatic heterocycles. The van der Waals surface area contributed by atoms with Gasteiger partial charge in [0.1, 0.15) is 0 Å². The Bertz CT molecular complexity index is 585. The maximum absolute atomic E-state index is 14.1. The Hall–Kier alpha value is -1.05. The predicted molar refractivity (Wildman–Crippen MR) is 102 cm³/mol. The number of carbonyl (C=O) groups is 1. The Kier molecular flexibility index (Phi) is 7.78. The largest absolute Gasteiger partial charge is 0.505 e. The van der Waals surface area contributed by atoms with E-state index in [1.165, 1.54) is 26.0 Å². The second-order valence-corrected chi connectivity index (χ2v) is 7.31. The zero-order valence-corrected chi connectivity index (χ0v) is 16.9. The molecule has 6 heteroatoms. The summed E-state index contributed by atoms with van der Waals surface area (Å²) < 4.78 is 23.9. The van der Waals surface area contributed by atoms with Crippen LogP contribution < -0.4 is 3.07 Å². The number of phenols is 1. The molecule has 1 atom stereocenters. The highest BCUT2D eigenvalue weighted by Gasteiger charge is 2.33. The van der Waals surface area contributed by atoms with Crippen LogP contribution >= 0.6 is 23.0 Å². The molecule has 1 aliphatic carbocycles. The van der Waals surface area contributed by atoms with Crippen molar-refractivity contribution in [2.24, 2.45) is 17.8 Å². The van der Waals surface area contributed by atoms with Gasteiger partial charge in [-0.15, -0.1) is 0 Å². The Morgan fingerprint density at radius 2 is 2.04 bits per heavy atom. The fourth-order valence-electron chi connectivity index (χ4n) is 3.93. The second-order valence-electron chi connectivity index (χ2n) is 6.87. The molecular formula is C19H26FIO4. The number of esters is 1. The monoisotopic (exact) mass is 464 g/mol. The molecule has 1 fully saturated rings. The Labute approximate surface area is 162 Å². The van der Waals surface area contributed by atoms with Gasteiger partial charge in [0, 0.05) is 0 Å². The SMILES string of the molecule is CCCC1CCC(C(Cc2ccc(OI)c(F)c2O)C(=O)OC)CC1. The Morgan fingerprint density at radius 1 is 1.36 bits per heavy atom. The van der Waals surface area contributed by atoms with E-state index in [-0.39, 0.29) is 30.0 Å². The van der Waals surface area contributed by atoms with Gasteiger partial charge in [0.25, 0.3) is 0 Å². The summed E-state index contributed by atoms with van der Waals surface area (Å²) >= 11 is 1.57. The molecule has 1 saturated carbocycles. The van der Waals surface area contributed by atoms with Crippen LogP contribution in [0.5, 0.6) is 11.5 Å². The van der Waals surface area contributed by atoms with Gasteiger partial charge >= 0.3 is 5.97 Å². The van der Waals surface area contributed by atoms with Gasteiger partial charge in [-0.1, -0.05) is 38.7 Å². The van der Waals surface area contributed by atoms with Gasteiger partial charge in [-0.05, 0) is 42.7 Å². The van der Waals surface area contributed by atoms with Crippen molar-refractivity contribution >= 4 is 29.0 Å². The van der Waals surface area contributed by atoms with E-state index in [1.807, 2.05) is 0 Å². The number of hydrogen-bond acceptors (Lipinski definition) is 4.